The van der Waals surface area contributed by atoms with E-state index in [1.807, 2.05) is 32.2 Å². The predicted octanol–water partition coefficient (Wildman–Crippen LogP) is 5.72. The first kappa shape index (κ1) is 20.5. The van der Waals surface area contributed by atoms with Gasteiger partial charge in [-0.3, -0.25) is 14.9 Å². The number of anilines is 1. The van der Waals surface area contributed by atoms with Gasteiger partial charge in [-0.1, -0.05) is 12.1 Å². The van der Waals surface area contributed by atoms with Crippen molar-refractivity contribution in [3.05, 3.63) is 84.6 Å². The number of hydrogen-bond acceptors (Lipinski definition) is 5. The lowest BCUT2D eigenvalue weighted by atomic mass is 10.1. The van der Waals surface area contributed by atoms with E-state index in [1.54, 1.807) is 25.1 Å². The van der Waals surface area contributed by atoms with Crippen molar-refractivity contribution >= 4 is 28.6 Å². The first-order chi connectivity index (χ1) is 13.7. The molecular formula is C22H22N2O4S. The van der Waals surface area contributed by atoms with Crippen LogP contribution in [0, 0.1) is 37.8 Å². The third-order valence-electron chi connectivity index (χ3n) is 4.63. The van der Waals surface area contributed by atoms with Gasteiger partial charge < -0.3 is 10.1 Å². The van der Waals surface area contributed by atoms with Crippen LogP contribution in [0.5, 0.6) is 5.75 Å². The van der Waals surface area contributed by atoms with Crippen LogP contribution >= 0.6 is 11.3 Å². The molecular weight excluding hydrogens is 388 g/mol. The predicted molar refractivity (Wildman–Crippen MR) is 115 cm³/mol. The van der Waals surface area contributed by atoms with Gasteiger partial charge >= 0.3 is 0 Å². The number of nitrogens with one attached hydrogen (secondary N) is 1. The van der Waals surface area contributed by atoms with Crippen molar-refractivity contribution in [2.24, 2.45) is 0 Å². The summed E-state index contributed by atoms with van der Waals surface area (Å²) in [7, 11) is 0. The normalized spacial score (nSPS) is 10.6. The summed E-state index contributed by atoms with van der Waals surface area (Å²) in [5, 5.41) is 15.7. The average Bonchev–Trinajstić information content (AvgIpc) is 3.14. The molecule has 3 rings (SSSR count). The van der Waals surface area contributed by atoms with Crippen molar-refractivity contribution in [1.29, 1.82) is 0 Å². The Hall–Kier alpha value is -3.19. The molecule has 0 saturated carbocycles. The molecule has 2 aromatic carbocycles. The van der Waals surface area contributed by atoms with Crippen LogP contribution in [-0.4, -0.2) is 10.8 Å². The van der Waals surface area contributed by atoms with E-state index in [-0.39, 0.29) is 17.3 Å². The first-order valence-corrected chi connectivity index (χ1v) is 9.97. The van der Waals surface area contributed by atoms with E-state index in [0.29, 0.717) is 11.5 Å². The Morgan fingerprint density at radius 3 is 2.59 bits per heavy atom. The highest BCUT2D eigenvalue weighted by atomic mass is 32.1. The fourth-order valence-electron chi connectivity index (χ4n) is 2.96. The topological polar surface area (TPSA) is 81.5 Å². The molecule has 0 atom stereocenters. The van der Waals surface area contributed by atoms with Crippen molar-refractivity contribution in [3.63, 3.8) is 0 Å². The molecule has 0 radical (unpaired) electrons. The highest BCUT2D eigenvalue weighted by Crippen LogP contribution is 2.28. The van der Waals surface area contributed by atoms with E-state index in [9.17, 15) is 14.9 Å². The molecule has 1 N–H and O–H groups in total. The standard InChI is InChI=1S/C22H22N2O4S/c1-13-5-6-18(19(8-13)24(26)27)23-22(25)21-10-17(12-29-21)11-28-20-9-14(2)7-15(3)16(20)4/h5-10,12H,11H2,1-4H3,(H,23,25). The van der Waals surface area contributed by atoms with Gasteiger partial charge in [-0.2, -0.15) is 0 Å². The summed E-state index contributed by atoms with van der Waals surface area (Å²) in [4.78, 5) is 23.7. The Balaban J connectivity index is 1.70. The highest BCUT2D eigenvalue weighted by molar-refractivity contribution is 7.12. The molecule has 0 fully saturated rings. The van der Waals surface area contributed by atoms with Crippen LogP contribution in [0.4, 0.5) is 11.4 Å². The Bertz CT molecular complexity index is 1090. The molecule has 0 bridgehead atoms. The summed E-state index contributed by atoms with van der Waals surface area (Å²) in [6, 6.07) is 10.6. The quantitative estimate of drug-likeness (QED) is 0.416. The molecule has 6 nitrogen and oxygen atoms in total. The number of amides is 1. The molecule has 1 heterocycles. The van der Waals surface area contributed by atoms with Gasteiger partial charge in [0.15, 0.2) is 0 Å². The summed E-state index contributed by atoms with van der Waals surface area (Å²) in [5.41, 5.74) is 5.09. The van der Waals surface area contributed by atoms with Gasteiger partial charge in [-0.15, -0.1) is 11.3 Å². The van der Waals surface area contributed by atoms with Crippen molar-refractivity contribution in [2.75, 3.05) is 5.32 Å². The smallest absolute Gasteiger partial charge is 0.293 e. The van der Waals surface area contributed by atoms with Crippen molar-refractivity contribution < 1.29 is 14.5 Å². The van der Waals surface area contributed by atoms with Gasteiger partial charge in [0, 0.05) is 11.6 Å². The summed E-state index contributed by atoms with van der Waals surface area (Å²) < 4.78 is 5.95. The number of hydrogen-bond donors (Lipinski definition) is 1. The number of nitro groups is 1. The molecule has 29 heavy (non-hydrogen) atoms. The fraction of sp³-hybridized carbons (Fsp3) is 0.227. The lowest BCUT2D eigenvalue weighted by molar-refractivity contribution is -0.384. The van der Waals surface area contributed by atoms with Crippen molar-refractivity contribution in [3.8, 4) is 5.75 Å². The molecule has 0 saturated heterocycles. The van der Waals surface area contributed by atoms with Crippen molar-refractivity contribution in [2.45, 2.75) is 34.3 Å². The number of ether oxygens (including phenoxy) is 1. The second kappa shape index (κ2) is 8.45. The minimum atomic E-state index is -0.498. The zero-order valence-corrected chi connectivity index (χ0v) is 17.6. The highest BCUT2D eigenvalue weighted by Gasteiger charge is 2.18. The van der Waals surface area contributed by atoms with Crippen LogP contribution in [0.1, 0.15) is 37.5 Å². The SMILES string of the molecule is Cc1cc(C)c(C)c(OCc2csc(C(=O)Nc3ccc(C)cc3[N+](=O)[O-])c2)c1. The molecule has 150 valence electrons. The average molecular weight is 410 g/mol. The molecule has 0 unspecified atom stereocenters. The number of thiophene rings is 1. The second-order valence-electron chi connectivity index (χ2n) is 7.04. The van der Waals surface area contributed by atoms with E-state index in [4.69, 9.17) is 4.74 Å². The van der Waals surface area contributed by atoms with E-state index >= 15 is 0 Å². The number of rotatable bonds is 6. The lowest BCUT2D eigenvalue weighted by Crippen LogP contribution is -2.11. The Morgan fingerprint density at radius 1 is 1.10 bits per heavy atom. The van der Waals surface area contributed by atoms with Crippen LogP contribution in [-0.2, 0) is 6.61 Å². The molecule has 0 spiro atoms. The molecule has 7 heteroatoms. The van der Waals surface area contributed by atoms with E-state index in [2.05, 4.69) is 11.4 Å². The maximum absolute atomic E-state index is 12.5. The first-order valence-electron chi connectivity index (χ1n) is 9.09. The number of aryl methyl sites for hydroxylation is 3. The number of carbonyl (C=O) groups is 1. The maximum atomic E-state index is 12.5. The summed E-state index contributed by atoms with van der Waals surface area (Å²) in [5.74, 6) is 0.450. The van der Waals surface area contributed by atoms with Gasteiger partial charge in [0.1, 0.15) is 18.0 Å². The molecule has 1 aromatic heterocycles. The van der Waals surface area contributed by atoms with Gasteiger partial charge in [-0.25, -0.2) is 0 Å². The Labute approximate surface area is 173 Å². The Morgan fingerprint density at radius 2 is 1.86 bits per heavy atom. The number of nitro benzene ring substituents is 1. The minimum absolute atomic E-state index is 0.122. The summed E-state index contributed by atoms with van der Waals surface area (Å²) in [6.07, 6.45) is 0. The monoisotopic (exact) mass is 410 g/mol. The van der Waals surface area contributed by atoms with Gasteiger partial charge in [0.25, 0.3) is 11.6 Å². The maximum Gasteiger partial charge on any atom is 0.293 e. The zero-order valence-electron chi connectivity index (χ0n) is 16.7. The van der Waals surface area contributed by atoms with Gasteiger partial charge in [0.2, 0.25) is 0 Å². The van der Waals surface area contributed by atoms with Crippen LogP contribution in [0.15, 0.2) is 41.8 Å². The van der Waals surface area contributed by atoms with Gasteiger partial charge in [0.05, 0.1) is 9.80 Å². The van der Waals surface area contributed by atoms with E-state index < -0.39 is 4.92 Å². The van der Waals surface area contributed by atoms with Crippen LogP contribution in [0.25, 0.3) is 0 Å². The third kappa shape index (κ3) is 4.81. The van der Waals surface area contributed by atoms with Crippen LogP contribution < -0.4 is 10.1 Å². The molecule has 1 amide bonds. The molecule has 0 aliphatic heterocycles. The number of benzene rings is 2. The van der Waals surface area contributed by atoms with Crippen LogP contribution in [0.3, 0.4) is 0 Å². The number of carbonyl (C=O) groups excluding carboxylic acids is 1. The Kier molecular flexibility index (Phi) is 5.98. The largest absolute Gasteiger partial charge is 0.489 e. The second-order valence-corrected chi connectivity index (χ2v) is 7.96. The van der Waals surface area contributed by atoms with Crippen molar-refractivity contribution in [1.82, 2.24) is 0 Å². The third-order valence-corrected chi connectivity index (χ3v) is 5.61. The molecule has 0 aliphatic rings. The molecule has 0 aliphatic carbocycles. The minimum Gasteiger partial charge on any atom is -0.489 e. The van der Waals surface area contributed by atoms with Crippen LogP contribution in [0.2, 0.25) is 0 Å². The summed E-state index contributed by atoms with van der Waals surface area (Å²) >= 11 is 1.28. The lowest BCUT2D eigenvalue weighted by Gasteiger charge is -2.11. The van der Waals surface area contributed by atoms with E-state index in [0.717, 1.165) is 28.0 Å². The molecule has 3 aromatic rings. The number of nitrogens with zero attached hydrogens (tertiary/aromatic N) is 1. The summed E-state index contributed by atoms with van der Waals surface area (Å²) in [6.45, 7) is 8.20. The van der Waals surface area contributed by atoms with E-state index in [1.165, 1.54) is 23.0 Å². The zero-order chi connectivity index (χ0) is 21.1. The fourth-order valence-corrected chi connectivity index (χ4v) is 3.76. The van der Waals surface area contributed by atoms with Gasteiger partial charge in [-0.05, 0) is 73.5 Å².